The molecule has 664 valence electrons. The van der Waals surface area contributed by atoms with Crippen LogP contribution in [-0.2, 0) is 33.2 Å². The smallest absolute Gasteiger partial charge is 0.410 e. The Bertz CT molecular complexity index is 2680. The number of nitrogens with zero attached hydrogens (tertiary/aromatic N) is 5. The third-order valence-corrected chi connectivity index (χ3v) is 19.7. The van der Waals surface area contributed by atoms with Crippen LogP contribution in [0, 0.1) is 5.92 Å². The monoisotopic (exact) mass is 1610 g/mol. The normalized spacial score (nSPS) is 13.6. The Balaban J connectivity index is 5.99. The molecule has 0 heterocycles. The van der Waals surface area contributed by atoms with Gasteiger partial charge in [0, 0.05) is 75.7 Å². The lowest BCUT2D eigenvalue weighted by atomic mass is 9.72. The third-order valence-electron chi connectivity index (χ3n) is 19.7. The zero-order valence-electron chi connectivity index (χ0n) is 76.5. The molecule has 0 spiro atoms. The van der Waals surface area contributed by atoms with E-state index in [4.69, 9.17) is 34.0 Å². The number of carbonyl (C=O) groups is 7. The van der Waals surface area contributed by atoms with Crippen LogP contribution in [0.15, 0.2) is 29.4 Å². The fourth-order valence-corrected chi connectivity index (χ4v) is 14.0. The van der Waals surface area contributed by atoms with E-state index >= 15 is 0 Å². The quantitative estimate of drug-likeness (QED) is 0.00946. The van der Waals surface area contributed by atoms with E-state index in [1.165, 1.54) is 161 Å². The Morgan fingerprint density at radius 1 is 0.360 bits per heavy atom. The summed E-state index contributed by atoms with van der Waals surface area (Å²) < 4.78 is 34.9. The van der Waals surface area contributed by atoms with E-state index in [0.29, 0.717) is 96.7 Å². The molecule has 0 aliphatic carbocycles. The number of carbonyl (C=O) groups excluding carboxylic acids is 7. The van der Waals surface area contributed by atoms with Gasteiger partial charge in [-0.2, -0.15) is 0 Å². The number of azide groups is 1. The zero-order valence-corrected chi connectivity index (χ0v) is 76.5. The first kappa shape index (κ1) is 108. The highest BCUT2D eigenvalue weighted by Gasteiger charge is 2.46. The maximum absolute atomic E-state index is 15.0. The van der Waals surface area contributed by atoms with Crippen LogP contribution in [-0.4, -0.2) is 150 Å². The molecular weight excluding hydrogens is 1440 g/mol. The van der Waals surface area contributed by atoms with Crippen molar-refractivity contribution in [1.82, 2.24) is 36.4 Å². The van der Waals surface area contributed by atoms with Gasteiger partial charge < -0.3 is 64.8 Å². The van der Waals surface area contributed by atoms with Gasteiger partial charge in [-0.05, 0) is 272 Å². The predicted molar refractivity (Wildman–Crippen MR) is 467 cm³/mol. The van der Waals surface area contributed by atoms with Crippen LogP contribution in [0.3, 0.4) is 0 Å². The molecule has 7 amide bonds. The second-order valence-corrected chi connectivity index (χ2v) is 38.2. The van der Waals surface area contributed by atoms with Crippen LogP contribution in [0.5, 0.6) is 0 Å². The molecule has 5 N–H and O–H groups in total. The summed E-state index contributed by atoms with van der Waals surface area (Å²) in [5.41, 5.74) is 1.81. The van der Waals surface area contributed by atoms with Crippen LogP contribution in [0.2, 0.25) is 0 Å². The first-order chi connectivity index (χ1) is 53.5. The van der Waals surface area contributed by atoms with Crippen molar-refractivity contribution in [1.29, 1.82) is 0 Å². The maximum atomic E-state index is 15.0. The summed E-state index contributed by atoms with van der Waals surface area (Å²) in [6.07, 6.45) is 50.9. The molecule has 0 saturated carbocycles. The summed E-state index contributed by atoms with van der Waals surface area (Å²) in [6, 6.07) is 0. The molecule has 0 aromatic heterocycles. The second kappa shape index (κ2) is 61.2. The molecule has 0 fully saturated rings. The van der Waals surface area contributed by atoms with Crippen LogP contribution >= 0.6 is 0 Å². The Kier molecular flexibility index (Phi) is 57.9. The molecular formula is C91H172N10O13. The van der Waals surface area contributed by atoms with Gasteiger partial charge in [-0.15, -0.1) is 0 Å². The molecule has 0 saturated heterocycles. The summed E-state index contributed by atoms with van der Waals surface area (Å²) in [4.78, 5) is 102. The van der Waals surface area contributed by atoms with Crippen LogP contribution in [0.1, 0.15) is 414 Å². The van der Waals surface area contributed by atoms with Crippen molar-refractivity contribution in [2.75, 3.05) is 52.9 Å². The Hall–Kier alpha value is -6.12. The van der Waals surface area contributed by atoms with Gasteiger partial charge in [0.2, 0.25) is 5.91 Å². The largest absolute Gasteiger partial charge is 0.444 e. The number of ether oxygens (including phenoxy) is 6. The van der Waals surface area contributed by atoms with Crippen LogP contribution in [0.25, 0.3) is 10.4 Å². The van der Waals surface area contributed by atoms with E-state index in [0.717, 1.165) is 44.9 Å². The number of nitrogens with one attached hydrogen (secondary N) is 5. The van der Waals surface area contributed by atoms with Gasteiger partial charge in [-0.1, -0.05) is 171 Å². The molecule has 0 aliphatic rings. The number of hydrogen-bond acceptors (Lipinski definition) is 14. The lowest BCUT2D eigenvalue weighted by Gasteiger charge is -2.49. The molecule has 0 aromatic rings. The lowest BCUT2D eigenvalue weighted by Crippen LogP contribution is -2.59. The molecule has 23 heteroatoms. The molecule has 23 nitrogen and oxygen atoms in total. The highest BCUT2D eigenvalue weighted by atomic mass is 16.6. The highest BCUT2D eigenvalue weighted by molar-refractivity contribution is 5.75. The van der Waals surface area contributed by atoms with Gasteiger partial charge in [-0.25, -0.2) is 28.8 Å². The van der Waals surface area contributed by atoms with Gasteiger partial charge in [0.1, 0.15) is 33.6 Å². The van der Waals surface area contributed by atoms with Crippen molar-refractivity contribution >= 4 is 42.5 Å². The summed E-state index contributed by atoms with van der Waals surface area (Å²) >= 11 is 0. The molecule has 3 atom stereocenters. The zero-order chi connectivity index (χ0) is 85.9. The van der Waals surface area contributed by atoms with Gasteiger partial charge in [0.15, 0.2) is 0 Å². The van der Waals surface area contributed by atoms with Crippen molar-refractivity contribution < 1.29 is 62.0 Å². The number of allylic oxidation sites excluding steroid dienone is 4. The SMILES string of the molecule is CN(C(=O)OC(C)(C)C)C(CCCCNC(=O)OC(C)(C)C)(CCCNC(=O)OC(C)(C)C)C(CCCCCCNC(=O)CCCCCCCCCCC=CCCCCCCCCCCC=CCCCCCCCCCCCN=[N+]=[N-])CN(CCCC(C)(CCCNC(=O)OC(C)(C)C)NC(=O)OC(C)(C)C)C(=O)OC(C)(C)C. The number of unbranched alkanes of at least 4 members (excludes halogenated alkanes) is 30. The summed E-state index contributed by atoms with van der Waals surface area (Å²) in [6.45, 7) is 36.8. The Labute approximate surface area is 694 Å². The van der Waals surface area contributed by atoms with Crippen molar-refractivity contribution in [2.24, 2.45) is 11.0 Å². The molecule has 3 unspecified atom stereocenters. The number of alkyl carbamates (subject to hydrolysis) is 4. The van der Waals surface area contributed by atoms with Gasteiger partial charge >= 0.3 is 36.6 Å². The number of rotatable bonds is 63. The minimum Gasteiger partial charge on any atom is -0.444 e. The number of amides is 7. The van der Waals surface area contributed by atoms with Crippen molar-refractivity contribution in [2.45, 2.75) is 459 Å². The molecule has 0 aliphatic heterocycles. The van der Waals surface area contributed by atoms with Crippen molar-refractivity contribution in [3.63, 3.8) is 0 Å². The highest BCUT2D eigenvalue weighted by Crippen LogP contribution is 2.40. The summed E-state index contributed by atoms with van der Waals surface area (Å²) in [5.74, 6) is -0.346. The first-order valence-corrected chi connectivity index (χ1v) is 44.9. The van der Waals surface area contributed by atoms with E-state index in [1.54, 1.807) is 79.2 Å². The van der Waals surface area contributed by atoms with E-state index in [1.807, 2.05) is 69.2 Å². The summed E-state index contributed by atoms with van der Waals surface area (Å²) in [7, 11) is 1.76. The molecule has 114 heavy (non-hydrogen) atoms. The molecule has 0 bridgehead atoms. The average Bonchev–Trinajstić information content (AvgIpc) is 0.780. The Morgan fingerprint density at radius 3 is 1.11 bits per heavy atom. The lowest BCUT2D eigenvalue weighted by molar-refractivity contribution is -0.121. The van der Waals surface area contributed by atoms with Crippen molar-refractivity contribution in [3.05, 3.63) is 34.7 Å². The molecule has 0 rings (SSSR count). The minimum atomic E-state index is -1.02. The van der Waals surface area contributed by atoms with Gasteiger partial charge in [0.05, 0.1) is 5.54 Å². The van der Waals surface area contributed by atoms with E-state index < -0.39 is 87.2 Å². The fourth-order valence-electron chi connectivity index (χ4n) is 14.0. The maximum Gasteiger partial charge on any atom is 0.410 e. The predicted octanol–water partition coefficient (Wildman–Crippen LogP) is 25.0. The van der Waals surface area contributed by atoms with E-state index in [-0.39, 0.29) is 32.1 Å². The van der Waals surface area contributed by atoms with Gasteiger partial charge in [-0.3, -0.25) is 4.79 Å². The summed E-state index contributed by atoms with van der Waals surface area (Å²) in [5, 5.41) is 18.6. The fraction of sp³-hybridized carbons (Fsp3) is 0.879. The first-order valence-electron chi connectivity index (χ1n) is 44.9. The van der Waals surface area contributed by atoms with Crippen LogP contribution < -0.4 is 26.6 Å². The standard InChI is InChI=1S/C91H172N10O13/c1-84(2,3)109-78(103)94-70-59-56-67-91(100(20)82(107)113-88(13,14)15,68-61-72-96-80(105)111-86(7,8)9)76(75-101(83(108)114-89(16,17)18)74-62-66-90(19,98-81(106)112-87(10,11)12)65-60-71-95-79(104)110-85(4,5)6)63-54-51-53-57-69-93-77(102)64-55-50-48-46-44-42-40-38-36-34-32-30-28-26-24-22-21-23-25-27-29-31-33-35-37-39-41-43-45-47-49-52-58-73-97-99-92/h31-34,76H,21-30,35-75H2,1-20H3,(H,93,102)(H,94,103)(H,95,104)(H,96,105)(H,98,106). The third kappa shape index (κ3) is 66.0. The average molecular weight is 1610 g/mol. The van der Waals surface area contributed by atoms with E-state index in [9.17, 15) is 33.6 Å². The van der Waals surface area contributed by atoms with Crippen molar-refractivity contribution in [3.8, 4) is 0 Å². The topological polar surface area (TPSA) is 290 Å². The molecule has 0 aromatic carbocycles. The van der Waals surface area contributed by atoms with E-state index in [2.05, 4.69) is 60.9 Å². The second-order valence-electron chi connectivity index (χ2n) is 38.2. The minimum absolute atomic E-state index is 0.0770. The van der Waals surface area contributed by atoms with Crippen LogP contribution in [0.4, 0.5) is 28.8 Å². The molecule has 0 radical (unpaired) electrons. The Morgan fingerprint density at radius 2 is 0.684 bits per heavy atom. The van der Waals surface area contributed by atoms with Gasteiger partial charge in [0.25, 0.3) is 0 Å². The number of hydrogen-bond donors (Lipinski definition) is 5.